The number of hydrogen-bond acceptors (Lipinski definition) is 3. The highest BCUT2D eigenvalue weighted by atomic mass is 127. The molecule has 6 heteroatoms. The number of likely N-dealkylation sites (tertiary alicyclic amines) is 1. The highest BCUT2D eigenvalue weighted by Crippen LogP contribution is 2.38. The lowest BCUT2D eigenvalue weighted by Crippen LogP contribution is -2.42. The average Bonchev–Trinajstić information content (AvgIpc) is 3.22. The number of methoxy groups -OCH3 is 1. The van der Waals surface area contributed by atoms with E-state index < -0.39 is 0 Å². The lowest BCUT2D eigenvalue weighted by atomic mass is 9.87. The summed E-state index contributed by atoms with van der Waals surface area (Å²) in [7, 11) is 3.56. The van der Waals surface area contributed by atoms with Crippen LogP contribution in [0.1, 0.15) is 18.4 Å². The lowest BCUT2D eigenvalue weighted by Gasteiger charge is -2.25. The Morgan fingerprint density at radius 1 is 1.33 bits per heavy atom. The van der Waals surface area contributed by atoms with Gasteiger partial charge in [-0.3, -0.25) is 4.99 Å². The number of benzene rings is 1. The van der Waals surface area contributed by atoms with Gasteiger partial charge in [-0.1, -0.05) is 12.1 Å². The molecule has 2 aliphatic heterocycles. The van der Waals surface area contributed by atoms with Crippen molar-refractivity contribution in [2.45, 2.75) is 19.3 Å². The number of halogens is 1. The summed E-state index contributed by atoms with van der Waals surface area (Å²) in [6.07, 6.45) is 3.38. The van der Waals surface area contributed by atoms with Crippen molar-refractivity contribution in [3.05, 3.63) is 29.8 Å². The Bertz CT molecular complexity index is 542. The highest BCUT2D eigenvalue weighted by molar-refractivity contribution is 14.0. The largest absolute Gasteiger partial charge is 0.497 e. The number of rotatable bonds is 4. The fourth-order valence-electron chi connectivity index (χ4n) is 3.53. The van der Waals surface area contributed by atoms with Gasteiger partial charge in [-0.05, 0) is 37.0 Å². The molecule has 0 saturated carbocycles. The fourth-order valence-corrected chi connectivity index (χ4v) is 3.53. The van der Waals surface area contributed by atoms with Crippen molar-refractivity contribution < 1.29 is 9.47 Å². The maximum atomic E-state index is 5.60. The van der Waals surface area contributed by atoms with E-state index in [4.69, 9.17) is 9.47 Å². The Balaban J connectivity index is 0.00000208. The quantitative estimate of drug-likeness (QED) is 0.440. The van der Waals surface area contributed by atoms with Crippen molar-refractivity contribution in [3.8, 4) is 5.75 Å². The van der Waals surface area contributed by atoms with E-state index in [0.29, 0.717) is 5.41 Å². The molecule has 0 bridgehead atoms. The molecule has 0 radical (unpaired) electrons. The maximum absolute atomic E-state index is 5.60. The molecule has 2 fully saturated rings. The van der Waals surface area contributed by atoms with Gasteiger partial charge in [-0.2, -0.15) is 0 Å². The number of ether oxygens (including phenoxy) is 2. The molecule has 24 heavy (non-hydrogen) atoms. The van der Waals surface area contributed by atoms with Gasteiger partial charge in [0.15, 0.2) is 5.96 Å². The van der Waals surface area contributed by atoms with Crippen molar-refractivity contribution in [1.29, 1.82) is 0 Å². The molecule has 2 heterocycles. The van der Waals surface area contributed by atoms with E-state index in [1.165, 1.54) is 18.4 Å². The molecule has 1 aromatic carbocycles. The van der Waals surface area contributed by atoms with Crippen LogP contribution in [0.4, 0.5) is 0 Å². The van der Waals surface area contributed by atoms with Gasteiger partial charge in [0.25, 0.3) is 0 Å². The molecule has 0 aromatic heterocycles. The Morgan fingerprint density at radius 3 is 2.75 bits per heavy atom. The fraction of sp³-hybridized carbons (Fsp3) is 0.611. The Kier molecular flexibility index (Phi) is 7.16. The minimum atomic E-state index is 0. The minimum Gasteiger partial charge on any atom is -0.497 e. The third-order valence-electron chi connectivity index (χ3n) is 4.99. The zero-order valence-corrected chi connectivity index (χ0v) is 16.9. The van der Waals surface area contributed by atoms with E-state index in [-0.39, 0.29) is 24.0 Å². The van der Waals surface area contributed by atoms with E-state index in [2.05, 4.69) is 27.3 Å². The first-order chi connectivity index (χ1) is 11.2. The molecule has 2 aliphatic rings. The summed E-state index contributed by atoms with van der Waals surface area (Å²) in [5.41, 5.74) is 1.67. The van der Waals surface area contributed by atoms with Crippen LogP contribution in [0.3, 0.4) is 0 Å². The van der Waals surface area contributed by atoms with Crippen LogP contribution in [0.5, 0.6) is 5.75 Å². The van der Waals surface area contributed by atoms with E-state index in [1.807, 2.05) is 19.2 Å². The third kappa shape index (κ3) is 4.53. The smallest absolute Gasteiger partial charge is 0.193 e. The first-order valence-corrected chi connectivity index (χ1v) is 8.41. The summed E-state index contributed by atoms with van der Waals surface area (Å²) in [5, 5.41) is 3.50. The van der Waals surface area contributed by atoms with Crippen LogP contribution >= 0.6 is 24.0 Å². The Hall–Kier alpha value is -1.02. The second-order valence-electron chi connectivity index (χ2n) is 6.55. The molecule has 1 N–H and O–H groups in total. The zero-order chi connectivity index (χ0) is 16.1. The van der Waals surface area contributed by atoms with Crippen molar-refractivity contribution in [3.63, 3.8) is 0 Å². The van der Waals surface area contributed by atoms with Gasteiger partial charge in [-0.15, -0.1) is 24.0 Å². The summed E-state index contributed by atoms with van der Waals surface area (Å²) in [6, 6.07) is 8.25. The van der Waals surface area contributed by atoms with E-state index >= 15 is 0 Å². The second-order valence-corrected chi connectivity index (χ2v) is 6.55. The standard InChI is InChI=1S/C18H27N3O2.HI/c1-19-17(21-11-8-18(13-21)9-12-23-14-18)20-10-7-15-3-5-16(22-2)6-4-15;/h3-6H,7-14H2,1-2H3,(H,19,20);1H. The van der Waals surface area contributed by atoms with Crippen molar-refractivity contribution in [2.75, 3.05) is 47.0 Å². The third-order valence-corrected chi connectivity index (χ3v) is 4.99. The number of aliphatic imine (C=N–C) groups is 1. The number of nitrogens with one attached hydrogen (secondary N) is 1. The Labute approximate surface area is 161 Å². The van der Waals surface area contributed by atoms with Gasteiger partial charge >= 0.3 is 0 Å². The summed E-state index contributed by atoms with van der Waals surface area (Å²) in [6.45, 7) is 4.85. The predicted molar refractivity (Wildman–Crippen MR) is 108 cm³/mol. The van der Waals surface area contributed by atoms with Gasteiger partial charge in [-0.25, -0.2) is 0 Å². The van der Waals surface area contributed by atoms with Gasteiger partial charge in [0.2, 0.25) is 0 Å². The molecule has 2 saturated heterocycles. The monoisotopic (exact) mass is 445 g/mol. The molecule has 134 valence electrons. The zero-order valence-electron chi connectivity index (χ0n) is 14.6. The minimum absolute atomic E-state index is 0. The molecule has 3 rings (SSSR count). The summed E-state index contributed by atoms with van der Waals surface area (Å²) >= 11 is 0. The van der Waals surface area contributed by atoms with Crippen LogP contribution < -0.4 is 10.1 Å². The molecule has 1 spiro atoms. The van der Waals surface area contributed by atoms with Crippen LogP contribution in [0.2, 0.25) is 0 Å². The predicted octanol–water partition coefficient (Wildman–Crippen LogP) is 2.54. The first kappa shape index (κ1) is 19.3. The number of hydrogen-bond donors (Lipinski definition) is 1. The van der Waals surface area contributed by atoms with E-state index in [1.54, 1.807) is 7.11 Å². The maximum Gasteiger partial charge on any atom is 0.193 e. The van der Waals surface area contributed by atoms with Crippen LogP contribution in [0, 0.1) is 5.41 Å². The normalized spacial score (nSPS) is 23.4. The van der Waals surface area contributed by atoms with Gasteiger partial charge in [0, 0.05) is 38.7 Å². The van der Waals surface area contributed by atoms with Gasteiger partial charge in [0.1, 0.15) is 5.75 Å². The second kappa shape index (κ2) is 8.89. The topological polar surface area (TPSA) is 46.1 Å². The molecule has 1 unspecified atom stereocenters. The highest BCUT2D eigenvalue weighted by Gasteiger charge is 2.42. The van der Waals surface area contributed by atoms with Crippen molar-refractivity contribution in [1.82, 2.24) is 10.2 Å². The average molecular weight is 445 g/mol. The molecule has 0 aliphatic carbocycles. The van der Waals surface area contributed by atoms with E-state index in [9.17, 15) is 0 Å². The molecule has 5 nitrogen and oxygen atoms in total. The van der Waals surface area contributed by atoms with Crippen LogP contribution in [0.15, 0.2) is 29.3 Å². The molecule has 1 atom stereocenters. The van der Waals surface area contributed by atoms with Crippen LogP contribution in [-0.2, 0) is 11.2 Å². The Morgan fingerprint density at radius 2 is 2.12 bits per heavy atom. The van der Waals surface area contributed by atoms with Crippen LogP contribution in [0.25, 0.3) is 0 Å². The van der Waals surface area contributed by atoms with Crippen LogP contribution in [-0.4, -0.2) is 57.9 Å². The summed E-state index contributed by atoms with van der Waals surface area (Å²) in [4.78, 5) is 6.83. The van der Waals surface area contributed by atoms with E-state index in [0.717, 1.165) is 51.0 Å². The molecule has 1 aromatic rings. The lowest BCUT2D eigenvalue weighted by molar-refractivity contribution is 0.156. The van der Waals surface area contributed by atoms with Gasteiger partial charge < -0.3 is 19.7 Å². The van der Waals surface area contributed by atoms with Gasteiger partial charge in [0.05, 0.1) is 13.7 Å². The first-order valence-electron chi connectivity index (χ1n) is 8.41. The molecular formula is C18H28IN3O2. The van der Waals surface area contributed by atoms with Crippen molar-refractivity contribution in [2.24, 2.45) is 10.4 Å². The number of guanidine groups is 1. The summed E-state index contributed by atoms with van der Waals surface area (Å²) in [5.74, 6) is 1.92. The van der Waals surface area contributed by atoms with Crippen molar-refractivity contribution >= 4 is 29.9 Å². The summed E-state index contributed by atoms with van der Waals surface area (Å²) < 4.78 is 10.8. The molecule has 0 amide bonds. The molecular weight excluding hydrogens is 417 g/mol. The number of nitrogens with zero attached hydrogens (tertiary/aromatic N) is 2. The SMILES string of the molecule is CN=C(NCCc1ccc(OC)cc1)N1CCC2(CCOC2)C1.I.